The number of nitrogens with one attached hydrogen (secondary N) is 1. The normalized spacial score (nSPS) is 20.2. The number of carbonyl (C=O) groups is 3. The van der Waals surface area contributed by atoms with Crippen molar-refractivity contribution in [1.82, 2.24) is 19.8 Å². The van der Waals surface area contributed by atoms with Gasteiger partial charge in [-0.25, -0.2) is 5.43 Å². The third-order valence-electron chi connectivity index (χ3n) is 7.45. The monoisotopic (exact) mass is 509 g/mol. The quantitative estimate of drug-likeness (QED) is 0.302. The van der Waals surface area contributed by atoms with Gasteiger partial charge in [0.15, 0.2) is 0 Å². The predicted molar refractivity (Wildman–Crippen MR) is 143 cm³/mol. The molecule has 9 nitrogen and oxygen atoms in total. The van der Waals surface area contributed by atoms with Crippen LogP contribution in [0.4, 0.5) is 0 Å². The minimum absolute atomic E-state index is 0.170. The molecule has 2 aliphatic heterocycles. The van der Waals surface area contributed by atoms with E-state index in [9.17, 15) is 14.4 Å². The van der Waals surface area contributed by atoms with Crippen LogP contribution in [0.3, 0.4) is 0 Å². The van der Waals surface area contributed by atoms with Gasteiger partial charge in [-0.15, -0.1) is 0 Å². The summed E-state index contributed by atoms with van der Waals surface area (Å²) in [6.45, 7) is 8.34. The van der Waals surface area contributed by atoms with Crippen LogP contribution >= 0.6 is 0 Å². The lowest BCUT2D eigenvalue weighted by atomic mass is 10.1. The number of amides is 2. The molecule has 2 aromatic rings. The highest BCUT2D eigenvalue weighted by atomic mass is 16.5. The van der Waals surface area contributed by atoms with Crippen LogP contribution < -0.4 is 5.43 Å². The number of hydrogen-bond donors (Lipinski definition) is 1. The molecule has 0 aliphatic carbocycles. The van der Waals surface area contributed by atoms with Gasteiger partial charge < -0.3 is 14.2 Å². The molecule has 0 spiro atoms. The highest BCUT2D eigenvalue weighted by molar-refractivity contribution is 5.90. The lowest BCUT2D eigenvalue weighted by Gasteiger charge is -2.31. The number of carbonyl (C=O) groups excluding carboxylic acids is 3. The summed E-state index contributed by atoms with van der Waals surface area (Å²) in [7, 11) is 0. The first-order valence-corrected chi connectivity index (χ1v) is 13.5. The van der Waals surface area contributed by atoms with E-state index in [1.807, 2.05) is 11.0 Å². The molecule has 0 saturated carbocycles. The standard InChI is InChI=1S/C28H39N5O4/c1-4-32-24(17-22-11-10-21(16-26(22)32)18-29-30-20(3)34)13-12-23-8-6-15-33(23)28(36)25-9-7-14-31(25)19-27(35)37-5-2/h10-11,16-18,23,25H,4-9,12-15,19H2,1-3H3,(H,30,34). The van der Waals surface area contributed by atoms with Crippen molar-refractivity contribution in [2.24, 2.45) is 5.10 Å². The second-order valence-corrected chi connectivity index (χ2v) is 9.92. The van der Waals surface area contributed by atoms with Gasteiger partial charge in [0, 0.05) is 37.3 Å². The topological polar surface area (TPSA) is 96.2 Å². The molecule has 1 N–H and O–H groups in total. The number of nitrogens with zero attached hydrogens (tertiary/aromatic N) is 4. The van der Waals surface area contributed by atoms with Crippen molar-refractivity contribution >= 4 is 34.9 Å². The van der Waals surface area contributed by atoms with E-state index in [1.165, 1.54) is 18.0 Å². The summed E-state index contributed by atoms with van der Waals surface area (Å²) < 4.78 is 7.44. The van der Waals surface area contributed by atoms with Crippen LogP contribution in [-0.4, -0.2) is 76.7 Å². The lowest BCUT2D eigenvalue weighted by Crippen LogP contribution is -2.48. The van der Waals surface area contributed by atoms with E-state index < -0.39 is 0 Å². The Hall–Kier alpha value is -3.20. The van der Waals surface area contributed by atoms with Crippen LogP contribution in [0.5, 0.6) is 0 Å². The molecular formula is C28H39N5O4. The van der Waals surface area contributed by atoms with Gasteiger partial charge in [-0.2, -0.15) is 5.10 Å². The summed E-state index contributed by atoms with van der Waals surface area (Å²) >= 11 is 0. The van der Waals surface area contributed by atoms with Crippen molar-refractivity contribution in [3.8, 4) is 0 Å². The van der Waals surface area contributed by atoms with Gasteiger partial charge in [0.2, 0.25) is 11.8 Å². The molecule has 200 valence electrons. The highest BCUT2D eigenvalue weighted by Gasteiger charge is 2.38. The molecule has 3 heterocycles. The zero-order valence-corrected chi connectivity index (χ0v) is 22.2. The smallest absolute Gasteiger partial charge is 0.320 e. The van der Waals surface area contributed by atoms with Crippen LogP contribution in [-0.2, 0) is 32.1 Å². The van der Waals surface area contributed by atoms with Crippen LogP contribution in [0.1, 0.15) is 64.1 Å². The van der Waals surface area contributed by atoms with E-state index in [-0.39, 0.29) is 36.4 Å². The molecule has 4 rings (SSSR count). The molecule has 1 aromatic carbocycles. The first-order valence-electron chi connectivity index (χ1n) is 13.5. The Morgan fingerprint density at radius 3 is 2.70 bits per heavy atom. The summed E-state index contributed by atoms with van der Waals surface area (Å²) in [4.78, 5) is 40.7. The predicted octanol–water partition coefficient (Wildman–Crippen LogP) is 3.08. The first-order chi connectivity index (χ1) is 17.9. The second-order valence-electron chi connectivity index (χ2n) is 9.92. The maximum atomic E-state index is 13.5. The van der Waals surface area contributed by atoms with Crippen LogP contribution in [0, 0.1) is 0 Å². The zero-order valence-electron chi connectivity index (χ0n) is 22.2. The number of rotatable bonds is 10. The van der Waals surface area contributed by atoms with E-state index >= 15 is 0 Å². The Labute approximate surface area is 218 Å². The number of hydrazone groups is 1. The third-order valence-corrected chi connectivity index (χ3v) is 7.45. The van der Waals surface area contributed by atoms with Gasteiger partial charge >= 0.3 is 5.97 Å². The van der Waals surface area contributed by atoms with Gasteiger partial charge in [0.25, 0.3) is 0 Å². The van der Waals surface area contributed by atoms with Gasteiger partial charge in [-0.1, -0.05) is 12.1 Å². The molecule has 2 saturated heterocycles. The number of fused-ring (bicyclic) bond motifs is 1. The van der Waals surface area contributed by atoms with Crippen molar-refractivity contribution in [2.45, 2.75) is 77.9 Å². The van der Waals surface area contributed by atoms with Gasteiger partial charge in [-0.05, 0) is 82.0 Å². The van der Waals surface area contributed by atoms with E-state index in [2.05, 4.69) is 45.1 Å². The van der Waals surface area contributed by atoms with Gasteiger partial charge in [0.1, 0.15) is 0 Å². The number of ether oxygens (including phenoxy) is 1. The number of benzene rings is 1. The van der Waals surface area contributed by atoms with Gasteiger partial charge in [0.05, 0.1) is 25.4 Å². The molecule has 0 bridgehead atoms. The van der Waals surface area contributed by atoms with Crippen LogP contribution in [0.25, 0.3) is 10.9 Å². The highest BCUT2D eigenvalue weighted by Crippen LogP contribution is 2.28. The van der Waals surface area contributed by atoms with E-state index in [1.54, 1.807) is 13.1 Å². The summed E-state index contributed by atoms with van der Waals surface area (Å²) in [6, 6.07) is 8.43. The fourth-order valence-corrected chi connectivity index (χ4v) is 5.79. The zero-order chi connectivity index (χ0) is 26.4. The van der Waals surface area contributed by atoms with Crippen molar-refractivity contribution in [1.29, 1.82) is 0 Å². The minimum Gasteiger partial charge on any atom is -0.465 e. The van der Waals surface area contributed by atoms with E-state index in [0.717, 1.165) is 69.2 Å². The lowest BCUT2D eigenvalue weighted by molar-refractivity contribution is -0.146. The molecule has 2 unspecified atom stereocenters. The van der Waals surface area contributed by atoms with Crippen LogP contribution in [0.2, 0.25) is 0 Å². The SMILES string of the molecule is CCOC(=O)CN1CCCC1C(=O)N1CCCC1CCc1cc2ccc(C=NNC(C)=O)cc2n1CC. The Kier molecular flexibility index (Phi) is 8.97. The molecule has 2 aliphatic rings. The van der Waals surface area contributed by atoms with Crippen molar-refractivity contribution < 1.29 is 19.1 Å². The second kappa shape index (κ2) is 12.4. The fourth-order valence-electron chi connectivity index (χ4n) is 5.79. The average molecular weight is 510 g/mol. The number of aryl methyl sites for hydroxylation is 2. The Balaban J connectivity index is 1.42. The number of likely N-dealkylation sites (tertiary alicyclic amines) is 2. The maximum absolute atomic E-state index is 13.5. The van der Waals surface area contributed by atoms with E-state index in [0.29, 0.717) is 6.61 Å². The number of hydrogen-bond acceptors (Lipinski definition) is 6. The molecular weight excluding hydrogens is 470 g/mol. The first kappa shape index (κ1) is 26.9. The molecule has 2 atom stereocenters. The third kappa shape index (κ3) is 6.39. The van der Waals surface area contributed by atoms with Crippen molar-refractivity contribution in [3.05, 3.63) is 35.5 Å². The molecule has 2 amide bonds. The molecule has 1 aromatic heterocycles. The average Bonchev–Trinajstić information content (AvgIpc) is 3.60. The Bertz CT molecular complexity index is 1160. The van der Waals surface area contributed by atoms with Crippen molar-refractivity contribution in [3.63, 3.8) is 0 Å². The summed E-state index contributed by atoms with van der Waals surface area (Å²) in [5.74, 6) is -0.281. The summed E-state index contributed by atoms with van der Waals surface area (Å²) in [5, 5.41) is 5.16. The molecule has 37 heavy (non-hydrogen) atoms. The Morgan fingerprint density at radius 1 is 1.14 bits per heavy atom. The number of esters is 1. The van der Waals surface area contributed by atoms with Crippen molar-refractivity contribution in [2.75, 3.05) is 26.2 Å². The minimum atomic E-state index is -0.253. The Morgan fingerprint density at radius 2 is 1.95 bits per heavy atom. The summed E-state index contributed by atoms with van der Waals surface area (Å²) in [6.07, 6.45) is 7.25. The largest absolute Gasteiger partial charge is 0.465 e. The summed E-state index contributed by atoms with van der Waals surface area (Å²) in [5.41, 5.74) is 5.78. The molecule has 0 radical (unpaired) electrons. The molecule has 9 heteroatoms. The van der Waals surface area contributed by atoms with Crippen LogP contribution in [0.15, 0.2) is 29.4 Å². The van der Waals surface area contributed by atoms with Gasteiger partial charge in [-0.3, -0.25) is 19.3 Å². The number of aromatic nitrogens is 1. The fraction of sp³-hybridized carbons (Fsp3) is 0.571. The van der Waals surface area contributed by atoms with E-state index in [4.69, 9.17) is 4.74 Å². The molecule has 2 fully saturated rings. The maximum Gasteiger partial charge on any atom is 0.320 e.